The second-order valence-electron chi connectivity index (χ2n) is 5.05. The molecule has 1 aliphatic rings. The molecule has 104 valence electrons. The van der Waals surface area contributed by atoms with Gasteiger partial charge in [0, 0.05) is 16.5 Å². The number of rotatable bonds is 1. The van der Waals surface area contributed by atoms with Gasteiger partial charge >= 0.3 is 0 Å². The molecule has 1 N–H and O–H groups in total. The van der Waals surface area contributed by atoms with Crippen LogP contribution in [0, 0.1) is 12.7 Å². The molecule has 2 aromatic rings. The van der Waals surface area contributed by atoms with E-state index in [4.69, 9.17) is 4.74 Å². The van der Waals surface area contributed by atoms with Crippen molar-refractivity contribution in [1.82, 2.24) is 0 Å². The van der Waals surface area contributed by atoms with Crippen molar-refractivity contribution in [2.24, 2.45) is 0 Å². The Morgan fingerprint density at radius 1 is 1.25 bits per heavy atom. The molecular weight excluding hydrogens is 323 g/mol. The van der Waals surface area contributed by atoms with Crippen LogP contribution in [0.1, 0.15) is 35.3 Å². The maximum atomic E-state index is 13.3. The van der Waals surface area contributed by atoms with Crippen molar-refractivity contribution in [2.75, 3.05) is 0 Å². The van der Waals surface area contributed by atoms with Crippen LogP contribution in [0.4, 0.5) is 4.39 Å². The molecule has 0 fully saturated rings. The first-order valence-electron chi connectivity index (χ1n) is 6.45. The predicted octanol–water partition coefficient (Wildman–Crippen LogP) is 4.45. The largest absolute Gasteiger partial charge is 0.485 e. The number of benzene rings is 2. The van der Waals surface area contributed by atoms with Crippen LogP contribution in [0.15, 0.2) is 40.9 Å². The highest BCUT2D eigenvalue weighted by Gasteiger charge is 2.28. The summed E-state index contributed by atoms with van der Waals surface area (Å²) in [6, 6.07) is 10.5. The lowest BCUT2D eigenvalue weighted by molar-refractivity contribution is 0.0656. The molecule has 1 aliphatic heterocycles. The van der Waals surface area contributed by atoms with E-state index in [9.17, 15) is 9.50 Å². The van der Waals surface area contributed by atoms with Crippen molar-refractivity contribution in [2.45, 2.75) is 25.6 Å². The predicted molar refractivity (Wildman–Crippen MR) is 78.2 cm³/mol. The van der Waals surface area contributed by atoms with Gasteiger partial charge in [-0.15, -0.1) is 0 Å². The van der Waals surface area contributed by atoms with Crippen LogP contribution in [0.25, 0.3) is 0 Å². The Hall–Kier alpha value is -1.39. The Morgan fingerprint density at radius 2 is 2.05 bits per heavy atom. The molecule has 0 saturated carbocycles. The number of aryl methyl sites for hydroxylation is 1. The minimum absolute atomic E-state index is 0.227. The van der Waals surface area contributed by atoms with E-state index in [-0.39, 0.29) is 11.9 Å². The van der Waals surface area contributed by atoms with Crippen molar-refractivity contribution >= 4 is 15.9 Å². The second-order valence-corrected chi connectivity index (χ2v) is 5.96. The lowest BCUT2D eigenvalue weighted by atomic mass is 9.94. The van der Waals surface area contributed by atoms with Gasteiger partial charge < -0.3 is 9.84 Å². The third-order valence-corrected chi connectivity index (χ3v) is 4.08. The molecule has 2 atom stereocenters. The highest BCUT2D eigenvalue weighted by atomic mass is 79.9. The van der Waals surface area contributed by atoms with Crippen molar-refractivity contribution in [3.05, 3.63) is 63.4 Å². The van der Waals surface area contributed by atoms with E-state index in [0.29, 0.717) is 17.7 Å². The molecule has 0 aromatic heterocycles. The first kappa shape index (κ1) is 13.6. The van der Waals surface area contributed by atoms with Crippen LogP contribution in [-0.2, 0) is 0 Å². The third kappa shape index (κ3) is 2.45. The topological polar surface area (TPSA) is 29.5 Å². The number of halogens is 2. The zero-order valence-electron chi connectivity index (χ0n) is 10.9. The van der Waals surface area contributed by atoms with Gasteiger partial charge in [0.25, 0.3) is 0 Å². The fraction of sp³-hybridized carbons (Fsp3) is 0.250. The molecule has 3 rings (SSSR count). The number of hydrogen-bond donors (Lipinski definition) is 1. The van der Waals surface area contributed by atoms with Gasteiger partial charge in [-0.1, -0.05) is 22.0 Å². The van der Waals surface area contributed by atoms with Gasteiger partial charge in [-0.2, -0.15) is 0 Å². The Kier molecular flexibility index (Phi) is 3.52. The summed E-state index contributed by atoms with van der Waals surface area (Å²) in [7, 11) is 0. The molecule has 2 aromatic carbocycles. The zero-order chi connectivity index (χ0) is 14.3. The molecule has 0 radical (unpaired) electrons. The van der Waals surface area contributed by atoms with Crippen molar-refractivity contribution in [1.29, 1.82) is 0 Å². The lowest BCUT2D eigenvalue weighted by Crippen LogP contribution is -2.19. The van der Waals surface area contributed by atoms with Gasteiger partial charge in [-0.3, -0.25) is 0 Å². The Morgan fingerprint density at radius 3 is 2.80 bits per heavy atom. The van der Waals surface area contributed by atoms with Crippen molar-refractivity contribution in [3.8, 4) is 5.75 Å². The van der Waals surface area contributed by atoms with Crippen molar-refractivity contribution in [3.63, 3.8) is 0 Å². The van der Waals surface area contributed by atoms with Crippen LogP contribution in [0.5, 0.6) is 5.75 Å². The van der Waals surface area contributed by atoms with Gasteiger partial charge in [0.1, 0.15) is 17.7 Å². The Bertz CT molecular complexity index is 657. The summed E-state index contributed by atoms with van der Waals surface area (Å²) in [6.07, 6.45) is -0.362. The minimum atomic E-state index is -0.577. The van der Waals surface area contributed by atoms with E-state index in [1.165, 1.54) is 6.07 Å². The van der Waals surface area contributed by atoms with E-state index in [0.717, 1.165) is 15.6 Å². The summed E-state index contributed by atoms with van der Waals surface area (Å²) in [5.74, 6) is 0.452. The second kappa shape index (κ2) is 5.19. The van der Waals surface area contributed by atoms with E-state index >= 15 is 0 Å². The molecule has 1 heterocycles. The smallest absolute Gasteiger partial charge is 0.127 e. The average Bonchev–Trinajstić information content (AvgIpc) is 2.42. The maximum Gasteiger partial charge on any atom is 0.127 e. The van der Waals surface area contributed by atoms with Gasteiger partial charge in [0.05, 0.1) is 6.10 Å². The molecule has 1 unspecified atom stereocenters. The average molecular weight is 337 g/mol. The number of hydrogen-bond acceptors (Lipinski definition) is 2. The van der Waals surface area contributed by atoms with Crippen molar-refractivity contribution < 1.29 is 14.2 Å². The molecule has 2 nitrogen and oxygen atoms in total. The molecule has 0 spiro atoms. The van der Waals surface area contributed by atoms with Crippen LogP contribution < -0.4 is 4.74 Å². The maximum absolute atomic E-state index is 13.3. The SMILES string of the molecule is Cc1cc(C2C[C@@H](O)c3cc(Br)ccc3O2)ccc1F. The fourth-order valence-corrected chi connectivity index (χ4v) is 2.87. The van der Waals surface area contributed by atoms with E-state index < -0.39 is 6.10 Å². The van der Waals surface area contributed by atoms with E-state index in [2.05, 4.69) is 15.9 Å². The monoisotopic (exact) mass is 336 g/mol. The highest BCUT2D eigenvalue weighted by molar-refractivity contribution is 9.10. The number of aliphatic hydroxyl groups excluding tert-OH is 1. The molecule has 0 aliphatic carbocycles. The number of ether oxygens (including phenoxy) is 1. The van der Waals surface area contributed by atoms with Crippen LogP contribution in [-0.4, -0.2) is 5.11 Å². The van der Waals surface area contributed by atoms with Gasteiger partial charge in [0.2, 0.25) is 0 Å². The summed E-state index contributed by atoms with van der Waals surface area (Å²) in [5, 5.41) is 10.3. The van der Waals surface area contributed by atoms with Gasteiger partial charge in [0.15, 0.2) is 0 Å². The molecule has 0 saturated heterocycles. The third-order valence-electron chi connectivity index (χ3n) is 3.59. The first-order chi connectivity index (χ1) is 9.54. The van der Waals surface area contributed by atoms with E-state index in [1.54, 1.807) is 19.1 Å². The van der Waals surface area contributed by atoms with E-state index in [1.807, 2.05) is 18.2 Å². The summed E-state index contributed by atoms with van der Waals surface area (Å²) in [4.78, 5) is 0. The summed E-state index contributed by atoms with van der Waals surface area (Å²) >= 11 is 3.39. The zero-order valence-corrected chi connectivity index (χ0v) is 12.5. The lowest BCUT2D eigenvalue weighted by Gasteiger charge is -2.30. The number of aliphatic hydroxyl groups is 1. The highest BCUT2D eigenvalue weighted by Crippen LogP contribution is 2.41. The Labute approximate surface area is 125 Å². The standard InChI is InChI=1S/C16H14BrFO2/c1-9-6-10(2-4-13(9)18)16-8-14(19)12-7-11(17)3-5-15(12)20-16/h2-7,14,16,19H,8H2,1H3/t14-,16?/m1/s1. The van der Waals surface area contributed by atoms with Crippen LogP contribution in [0.2, 0.25) is 0 Å². The number of fused-ring (bicyclic) bond motifs is 1. The Balaban J connectivity index is 1.94. The summed E-state index contributed by atoms with van der Waals surface area (Å²) < 4.78 is 20.2. The first-order valence-corrected chi connectivity index (χ1v) is 7.24. The molecule has 0 amide bonds. The van der Waals surface area contributed by atoms with Crippen LogP contribution in [0.3, 0.4) is 0 Å². The molecular formula is C16H14BrFO2. The molecule has 20 heavy (non-hydrogen) atoms. The quantitative estimate of drug-likeness (QED) is 0.833. The van der Waals surface area contributed by atoms with Crippen LogP contribution >= 0.6 is 15.9 Å². The summed E-state index contributed by atoms with van der Waals surface area (Å²) in [6.45, 7) is 1.73. The van der Waals surface area contributed by atoms with Gasteiger partial charge in [-0.25, -0.2) is 4.39 Å². The van der Waals surface area contributed by atoms with Gasteiger partial charge in [-0.05, 0) is 48.4 Å². The minimum Gasteiger partial charge on any atom is -0.485 e. The summed E-state index contributed by atoms with van der Waals surface area (Å²) in [5.41, 5.74) is 2.26. The molecule has 0 bridgehead atoms. The normalized spacial score (nSPS) is 21.2. The molecule has 4 heteroatoms. The fourth-order valence-electron chi connectivity index (χ4n) is 2.49.